The maximum absolute atomic E-state index is 12.0. The lowest BCUT2D eigenvalue weighted by molar-refractivity contribution is -0.292. The second-order valence-electron chi connectivity index (χ2n) is 5.47. The van der Waals surface area contributed by atoms with Gasteiger partial charge in [-0.25, -0.2) is 4.79 Å². The summed E-state index contributed by atoms with van der Waals surface area (Å²) in [5, 5.41) is 0. The summed E-state index contributed by atoms with van der Waals surface area (Å²) in [6, 6.07) is 6.96. The van der Waals surface area contributed by atoms with Gasteiger partial charge in [0.25, 0.3) is 0 Å². The Morgan fingerprint density at radius 2 is 1.95 bits per heavy atom. The third-order valence-electron chi connectivity index (χ3n) is 4.21. The van der Waals surface area contributed by atoms with Gasteiger partial charge in [-0.1, -0.05) is 38.8 Å². The number of carbonyl (C=O) groups is 1. The Morgan fingerprint density at radius 1 is 1.20 bits per heavy atom. The highest BCUT2D eigenvalue weighted by atomic mass is 17.2. The number of para-hydroxylation sites is 1. The summed E-state index contributed by atoms with van der Waals surface area (Å²) in [5.74, 6) is 0.979. The smallest absolute Gasteiger partial charge is 0.376 e. The van der Waals surface area contributed by atoms with Crippen molar-refractivity contribution in [2.75, 3.05) is 7.11 Å². The molecule has 0 amide bonds. The van der Waals surface area contributed by atoms with Gasteiger partial charge >= 0.3 is 5.97 Å². The van der Waals surface area contributed by atoms with E-state index in [-0.39, 0.29) is 6.10 Å². The van der Waals surface area contributed by atoms with Gasteiger partial charge in [0.05, 0.1) is 7.11 Å². The van der Waals surface area contributed by atoms with Crippen molar-refractivity contribution in [3.8, 4) is 5.75 Å². The zero-order valence-electron chi connectivity index (χ0n) is 12.3. The molecule has 0 N–H and O–H groups in total. The second kappa shape index (κ2) is 6.75. The molecular weight excluding hydrogens is 256 g/mol. The van der Waals surface area contributed by atoms with Crippen LogP contribution in [-0.4, -0.2) is 19.2 Å². The van der Waals surface area contributed by atoms with Crippen LogP contribution >= 0.6 is 0 Å². The largest absolute Gasteiger partial charge is 0.496 e. The SMILES string of the molecule is COc1ccccc1C(=O)OOC1CCCC(C)C1C. The summed E-state index contributed by atoms with van der Waals surface area (Å²) in [5.41, 5.74) is 0.381. The van der Waals surface area contributed by atoms with Gasteiger partial charge in [-0.15, -0.1) is 0 Å². The average molecular weight is 278 g/mol. The van der Waals surface area contributed by atoms with Gasteiger partial charge in [0.15, 0.2) is 0 Å². The molecule has 3 unspecified atom stereocenters. The standard InChI is InChI=1S/C16H22O4/c1-11-7-6-10-14(12(11)2)19-20-16(17)13-8-4-5-9-15(13)18-3/h4-5,8-9,11-12,14H,6-7,10H2,1-3H3. The monoisotopic (exact) mass is 278 g/mol. The normalized spacial score (nSPS) is 26.1. The molecule has 0 aliphatic heterocycles. The van der Waals surface area contributed by atoms with Gasteiger partial charge < -0.3 is 4.74 Å². The van der Waals surface area contributed by atoms with E-state index in [2.05, 4.69) is 13.8 Å². The van der Waals surface area contributed by atoms with Crippen LogP contribution in [0.2, 0.25) is 0 Å². The number of benzene rings is 1. The Morgan fingerprint density at radius 3 is 2.70 bits per heavy atom. The van der Waals surface area contributed by atoms with Crippen molar-refractivity contribution >= 4 is 5.97 Å². The third-order valence-corrected chi connectivity index (χ3v) is 4.21. The van der Waals surface area contributed by atoms with E-state index in [9.17, 15) is 4.79 Å². The first-order chi connectivity index (χ1) is 9.63. The van der Waals surface area contributed by atoms with E-state index in [0.29, 0.717) is 23.1 Å². The van der Waals surface area contributed by atoms with Crippen LogP contribution in [0, 0.1) is 11.8 Å². The predicted octanol–water partition coefficient (Wildman–Crippen LogP) is 3.61. The van der Waals surface area contributed by atoms with Crippen molar-refractivity contribution in [1.29, 1.82) is 0 Å². The van der Waals surface area contributed by atoms with Crippen molar-refractivity contribution in [3.63, 3.8) is 0 Å². The van der Waals surface area contributed by atoms with Gasteiger partial charge in [0, 0.05) is 0 Å². The minimum absolute atomic E-state index is 0.0163. The van der Waals surface area contributed by atoms with Crippen LogP contribution < -0.4 is 4.74 Å². The van der Waals surface area contributed by atoms with Crippen LogP contribution in [-0.2, 0) is 9.78 Å². The number of rotatable bonds is 4. The highest BCUT2D eigenvalue weighted by molar-refractivity contribution is 5.92. The van der Waals surface area contributed by atoms with Crippen LogP contribution in [0.5, 0.6) is 5.75 Å². The zero-order chi connectivity index (χ0) is 14.5. The molecule has 4 heteroatoms. The van der Waals surface area contributed by atoms with Gasteiger partial charge in [-0.3, -0.25) is 4.89 Å². The fourth-order valence-corrected chi connectivity index (χ4v) is 2.63. The lowest BCUT2D eigenvalue weighted by atomic mass is 9.80. The first-order valence-corrected chi connectivity index (χ1v) is 7.14. The highest BCUT2D eigenvalue weighted by Crippen LogP contribution is 2.31. The lowest BCUT2D eigenvalue weighted by Crippen LogP contribution is -2.32. The molecule has 1 aromatic carbocycles. The van der Waals surface area contributed by atoms with E-state index in [4.69, 9.17) is 14.5 Å². The highest BCUT2D eigenvalue weighted by Gasteiger charge is 2.30. The summed E-state index contributed by atoms with van der Waals surface area (Å²) in [4.78, 5) is 22.4. The summed E-state index contributed by atoms with van der Waals surface area (Å²) >= 11 is 0. The van der Waals surface area contributed by atoms with Crippen molar-refractivity contribution in [2.24, 2.45) is 11.8 Å². The van der Waals surface area contributed by atoms with Gasteiger partial charge in [0.2, 0.25) is 0 Å². The fourth-order valence-electron chi connectivity index (χ4n) is 2.63. The van der Waals surface area contributed by atoms with E-state index in [1.807, 2.05) is 0 Å². The van der Waals surface area contributed by atoms with E-state index < -0.39 is 5.97 Å². The quantitative estimate of drug-likeness (QED) is 0.623. The van der Waals surface area contributed by atoms with Crippen LogP contribution in [0.3, 0.4) is 0 Å². The zero-order valence-corrected chi connectivity index (χ0v) is 12.3. The van der Waals surface area contributed by atoms with E-state index in [1.165, 1.54) is 13.5 Å². The molecule has 1 aromatic rings. The Kier molecular flexibility index (Phi) is 5.01. The second-order valence-corrected chi connectivity index (χ2v) is 5.47. The molecule has 0 aromatic heterocycles. The molecule has 0 radical (unpaired) electrons. The minimum atomic E-state index is -0.507. The Labute approximate surface area is 120 Å². The molecule has 1 aliphatic carbocycles. The molecule has 3 atom stereocenters. The average Bonchev–Trinajstić information content (AvgIpc) is 2.48. The number of methoxy groups -OCH3 is 1. The third kappa shape index (κ3) is 3.31. The summed E-state index contributed by atoms with van der Waals surface area (Å²) < 4.78 is 5.14. The van der Waals surface area contributed by atoms with Crippen molar-refractivity contribution < 1.29 is 19.3 Å². The van der Waals surface area contributed by atoms with Crippen LogP contribution in [0.4, 0.5) is 0 Å². The minimum Gasteiger partial charge on any atom is -0.496 e. The summed E-state index contributed by atoms with van der Waals surface area (Å²) in [6.45, 7) is 4.35. The number of ether oxygens (including phenoxy) is 1. The summed E-state index contributed by atoms with van der Waals surface area (Å²) in [7, 11) is 1.53. The van der Waals surface area contributed by atoms with Gasteiger partial charge in [0.1, 0.15) is 17.4 Å². The predicted molar refractivity (Wildman–Crippen MR) is 75.5 cm³/mol. The molecule has 4 nitrogen and oxygen atoms in total. The van der Waals surface area contributed by atoms with Crippen LogP contribution in [0.15, 0.2) is 24.3 Å². The maximum Gasteiger partial charge on any atom is 0.376 e. The van der Waals surface area contributed by atoms with E-state index >= 15 is 0 Å². The molecule has 20 heavy (non-hydrogen) atoms. The number of hydrogen-bond acceptors (Lipinski definition) is 4. The molecule has 0 spiro atoms. The Hall–Kier alpha value is -1.55. The first kappa shape index (κ1) is 14.9. The molecule has 1 aliphatic rings. The Bertz CT molecular complexity index is 458. The molecule has 110 valence electrons. The summed E-state index contributed by atoms with van der Waals surface area (Å²) in [6.07, 6.45) is 3.24. The molecular formula is C16H22O4. The lowest BCUT2D eigenvalue weighted by Gasteiger charge is -2.32. The first-order valence-electron chi connectivity index (χ1n) is 7.14. The molecule has 0 bridgehead atoms. The molecule has 1 fully saturated rings. The Balaban J connectivity index is 1.95. The molecule has 0 saturated heterocycles. The van der Waals surface area contributed by atoms with Crippen molar-refractivity contribution in [2.45, 2.75) is 39.2 Å². The topological polar surface area (TPSA) is 44.8 Å². The van der Waals surface area contributed by atoms with Crippen LogP contribution in [0.25, 0.3) is 0 Å². The van der Waals surface area contributed by atoms with Gasteiger partial charge in [-0.05, 0) is 30.4 Å². The van der Waals surface area contributed by atoms with Crippen LogP contribution in [0.1, 0.15) is 43.5 Å². The van der Waals surface area contributed by atoms with Crippen molar-refractivity contribution in [1.82, 2.24) is 0 Å². The van der Waals surface area contributed by atoms with Gasteiger partial charge in [-0.2, -0.15) is 4.89 Å². The molecule has 1 saturated carbocycles. The maximum atomic E-state index is 12.0. The number of carbonyl (C=O) groups excluding carboxylic acids is 1. The number of hydrogen-bond donors (Lipinski definition) is 0. The van der Waals surface area contributed by atoms with E-state index in [0.717, 1.165) is 12.8 Å². The molecule has 0 heterocycles. The van der Waals surface area contributed by atoms with Crippen molar-refractivity contribution in [3.05, 3.63) is 29.8 Å². The van der Waals surface area contributed by atoms with E-state index in [1.54, 1.807) is 24.3 Å². The molecule has 2 rings (SSSR count). The fraction of sp³-hybridized carbons (Fsp3) is 0.562.